The largest absolute Gasteiger partial charge is 0.442 e. The van der Waals surface area contributed by atoms with Crippen molar-refractivity contribution in [1.82, 2.24) is 10.3 Å². The van der Waals surface area contributed by atoms with Crippen molar-refractivity contribution in [3.05, 3.63) is 53.2 Å². The van der Waals surface area contributed by atoms with Crippen LogP contribution in [0, 0.1) is 0 Å². The van der Waals surface area contributed by atoms with Crippen molar-refractivity contribution in [3.8, 4) is 0 Å². The maximum absolute atomic E-state index is 5.84. The fourth-order valence-corrected chi connectivity index (χ4v) is 2.26. The number of benzene rings is 1. The van der Waals surface area contributed by atoms with Gasteiger partial charge in [0.2, 0.25) is 5.89 Å². The highest BCUT2D eigenvalue weighted by Gasteiger charge is 2.23. The van der Waals surface area contributed by atoms with Gasteiger partial charge in [0.05, 0.1) is 5.69 Å². The lowest BCUT2D eigenvalue weighted by molar-refractivity contribution is 0.110. The maximum Gasteiger partial charge on any atom is 0.228 e. The first-order valence-electron chi connectivity index (χ1n) is 6.15. The molecule has 102 valence electrons. The fraction of sp³-hybridized carbons (Fsp3) is 0.357. The van der Waals surface area contributed by atoms with E-state index in [-0.39, 0.29) is 18.5 Å². The average Bonchev–Trinajstić information content (AvgIpc) is 2.84. The van der Waals surface area contributed by atoms with Crippen LogP contribution in [0.5, 0.6) is 0 Å². The van der Waals surface area contributed by atoms with Crippen LogP contribution < -0.4 is 5.32 Å². The van der Waals surface area contributed by atoms with Crippen molar-refractivity contribution in [2.45, 2.75) is 19.1 Å². The molecule has 0 bridgehead atoms. The van der Waals surface area contributed by atoms with E-state index in [1.54, 1.807) is 7.11 Å². The normalized spacial score (nSPS) is 15.4. The third kappa shape index (κ3) is 2.81. The number of rotatable bonds is 3. The van der Waals surface area contributed by atoms with Gasteiger partial charge in [-0.3, -0.25) is 0 Å². The molecule has 3 rings (SSSR count). The molecule has 0 radical (unpaired) electrons. The van der Waals surface area contributed by atoms with Crippen molar-refractivity contribution in [2.24, 2.45) is 0 Å². The number of nitrogens with zero attached hydrogens (tertiary/aromatic N) is 1. The molecule has 0 saturated carbocycles. The Balaban J connectivity index is 0.00000133. The lowest BCUT2D eigenvalue weighted by Crippen LogP contribution is -2.22. The lowest BCUT2D eigenvalue weighted by Gasteiger charge is -2.11. The van der Waals surface area contributed by atoms with Crippen LogP contribution in [0.4, 0.5) is 0 Å². The van der Waals surface area contributed by atoms with E-state index >= 15 is 0 Å². The summed E-state index contributed by atoms with van der Waals surface area (Å²) in [6, 6.07) is 10.0. The number of ether oxygens (including phenoxy) is 1. The molecule has 1 atom stereocenters. The van der Waals surface area contributed by atoms with Crippen molar-refractivity contribution < 1.29 is 9.15 Å². The van der Waals surface area contributed by atoms with Gasteiger partial charge >= 0.3 is 0 Å². The first-order chi connectivity index (χ1) is 8.88. The Kier molecular flexibility index (Phi) is 4.58. The molecular weight excluding hydrogens is 264 g/mol. The topological polar surface area (TPSA) is 47.3 Å². The molecule has 1 unspecified atom stereocenters. The molecule has 1 aromatic heterocycles. The molecule has 0 aliphatic carbocycles. The van der Waals surface area contributed by atoms with Crippen LogP contribution in [0.25, 0.3) is 0 Å². The second-order valence-corrected chi connectivity index (χ2v) is 4.38. The minimum absolute atomic E-state index is 0. The van der Waals surface area contributed by atoms with Gasteiger partial charge in [-0.1, -0.05) is 30.3 Å². The molecule has 5 heteroatoms. The van der Waals surface area contributed by atoms with Gasteiger partial charge in [-0.15, -0.1) is 12.4 Å². The van der Waals surface area contributed by atoms with Crippen LogP contribution in [0.3, 0.4) is 0 Å². The van der Waals surface area contributed by atoms with Crippen LogP contribution in [0.1, 0.15) is 29.0 Å². The van der Waals surface area contributed by atoms with Gasteiger partial charge in [0.1, 0.15) is 5.76 Å². The lowest BCUT2D eigenvalue weighted by atomic mass is 10.1. The smallest absolute Gasteiger partial charge is 0.228 e. The van der Waals surface area contributed by atoms with E-state index in [0.717, 1.165) is 36.5 Å². The zero-order valence-electron chi connectivity index (χ0n) is 10.8. The Labute approximate surface area is 118 Å². The highest BCUT2D eigenvalue weighted by atomic mass is 35.5. The SMILES string of the molecule is COC(c1ccccc1)c1nc2c(o1)CCNC2.Cl. The number of nitrogens with one attached hydrogen (secondary N) is 1. The number of fused-ring (bicyclic) bond motifs is 1. The molecule has 2 aromatic rings. The van der Waals surface area contributed by atoms with E-state index in [1.165, 1.54) is 0 Å². The highest BCUT2D eigenvalue weighted by Crippen LogP contribution is 2.27. The van der Waals surface area contributed by atoms with Crippen LogP contribution in [-0.2, 0) is 17.7 Å². The predicted octanol–water partition coefficient (Wildman–Crippen LogP) is 2.48. The fourth-order valence-electron chi connectivity index (χ4n) is 2.26. The predicted molar refractivity (Wildman–Crippen MR) is 74.5 cm³/mol. The monoisotopic (exact) mass is 280 g/mol. The highest BCUT2D eigenvalue weighted by molar-refractivity contribution is 5.85. The van der Waals surface area contributed by atoms with Crippen molar-refractivity contribution in [2.75, 3.05) is 13.7 Å². The van der Waals surface area contributed by atoms with E-state index in [9.17, 15) is 0 Å². The molecule has 0 saturated heterocycles. The summed E-state index contributed by atoms with van der Waals surface area (Å²) in [7, 11) is 1.68. The standard InChI is InChI=1S/C14H16N2O2.ClH/c1-17-13(10-5-3-2-4-6-10)14-16-11-9-15-8-7-12(11)18-14;/h2-6,13,15H,7-9H2,1H3;1H. The van der Waals surface area contributed by atoms with E-state index in [2.05, 4.69) is 10.3 Å². The van der Waals surface area contributed by atoms with Gasteiger partial charge < -0.3 is 14.5 Å². The summed E-state index contributed by atoms with van der Waals surface area (Å²) in [5.41, 5.74) is 2.07. The van der Waals surface area contributed by atoms with Crippen molar-refractivity contribution in [3.63, 3.8) is 0 Å². The number of oxazole rings is 1. The summed E-state index contributed by atoms with van der Waals surface area (Å²) < 4.78 is 11.4. The van der Waals surface area contributed by atoms with Gasteiger partial charge in [-0.2, -0.15) is 0 Å². The van der Waals surface area contributed by atoms with Gasteiger partial charge in [0.15, 0.2) is 6.10 Å². The Morgan fingerprint density at radius 3 is 2.79 bits per heavy atom. The zero-order valence-corrected chi connectivity index (χ0v) is 11.6. The second-order valence-electron chi connectivity index (χ2n) is 4.38. The molecule has 0 spiro atoms. The summed E-state index contributed by atoms with van der Waals surface area (Å²) >= 11 is 0. The van der Waals surface area contributed by atoms with Crippen molar-refractivity contribution >= 4 is 12.4 Å². The third-order valence-corrected chi connectivity index (χ3v) is 3.18. The molecule has 1 N–H and O–H groups in total. The Morgan fingerprint density at radius 1 is 1.32 bits per heavy atom. The van der Waals surface area contributed by atoms with Crippen molar-refractivity contribution in [1.29, 1.82) is 0 Å². The molecule has 2 heterocycles. The van der Waals surface area contributed by atoms with Crippen LogP contribution in [0.2, 0.25) is 0 Å². The maximum atomic E-state index is 5.84. The molecule has 0 fully saturated rings. The minimum Gasteiger partial charge on any atom is -0.442 e. The molecule has 1 aromatic carbocycles. The summed E-state index contributed by atoms with van der Waals surface area (Å²) in [4.78, 5) is 4.54. The summed E-state index contributed by atoms with van der Waals surface area (Å²) in [6.45, 7) is 1.73. The minimum atomic E-state index is -0.225. The number of methoxy groups -OCH3 is 1. The van der Waals surface area contributed by atoms with Crippen LogP contribution >= 0.6 is 12.4 Å². The summed E-state index contributed by atoms with van der Waals surface area (Å²) in [5, 5.41) is 3.29. The Hall–Kier alpha value is -1.36. The van der Waals surface area contributed by atoms with E-state index < -0.39 is 0 Å². The van der Waals surface area contributed by atoms with Gasteiger partial charge in [-0.05, 0) is 5.56 Å². The van der Waals surface area contributed by atoms with E-state index in [4.69, 9.17) is 9.15 Å². The molecule has 4 nitrogen and oxygen atoms in total. The van der Waals surface area contributed by atoms with E-state index in [0.29, 0.717) is 5.89 Å². The molecule has 0 amide bonds. The molecule has 19 heavy (non-hydrogen) atoms. The zero-order chi connectivity index (χ0) is 12.4. The molecular formula is C14H17ClN2O2. The van der Waals surface area contributed by atoms with E-state index in [1.807, 2.05) is 30.3 Å². The van der Waals surface area contributed by atoms with Crippen LogP contribution in [-0.4, -0.2) is 18.6 Å². The average molecular weight is 281 g/mol. The summed E-state index contributed by atoms with van der Waals surface area (Å²) in [6.07, 6.45) is 0.671. The number of aromatic nitrogens is 1. The number of halogens is 1. The number of hydrogen-bond acceptors (Lipinski definition) is 4. The first-order valence-corrected chi connectivity index (χ1v) is 6.15. The first kappa shape index (κ1) is 14.1. The van der Waals surface area contributed by atoms with Gasteiger partial charge in [-0.25, -0.2) is 4.98 Å². The Morgan fingerprint density at radius 2 is 2.11 bits per heavy atom. The van der Waals surface area contributed by atoms with Gasteiger partial charge in [0, 0.05) is 26.6 Å². The second kappa shape index (κ2) is 6.19. The number of hydrogen-bond donors (Lipinski definition) is 1. The molecule has 1 aliphatic heterocycles. The van der Waals surface area contributed by atoms with Gasteiger partial charge in [0.25, 0.3) is 0 Å². The van der Waals surface area contributed by atoms with Crippen LogP contribution in [0.15, 0.2) is 34.7 Å². The molecule has 1 aliphatic rings. The third-order valence-electron chi connectivity index (χ3n) is 3.18. The Bertz CT molecular complexity index is 504. The quantitative estimate of drug-likeness (QED) is 0.938. The summed E-state index contributed by atoms with van der Waals surface area (Å²) in [5.74, 6) is 1.64.